The van der Waals surface area contributed by atoms with Crippen molar-refractivity contribution in [1.82, 2.24) is 10.9 Å². The highest BCUT2D eigenvalue weighted by Crippen LogP contribution is 2.32. The van der Waals surface area contributed by atoms with Gasteiger partial charge >= 0.3 is 0 Å². The Bertz CT molecular complexity index is 757. The smallest absolute Gasteiger partial charge is 0.279 e. The normalized spacial score (nSPS) is 16.0. The fourth-order valence-electron chi connectivity index (χ4n) is 3.03. The van der Waals surface area contributed by atoms with Crippen LogP contribution in [0.2, 0.25) is 0 Å². The van der Waals surface area contributed by atoms with Gasteiger partial charge in [0.15, 0.2) is 0 Å². The third-order valence-electron chi connectivity index (χ3n) is 4.45. The first-order valence-electron chi connectivity index (χ1n) is 8.50. The Morgan fingerprint density at radius 3 is 2.76 bits per heavy atom. The van der Waals surface area contributed by atoms with Gasteiger partial charge in [-0.2, -0.15) is 0 Å². The fraction of sp³-hybridized carbons (Fsp3) is 0.368. The Kier molecular flexibility index (Phi) is 5.38. The van der Waals surface area contributed by atoms with Gasteiger partial charge in [-0.25, -0.2) is 0 Å². The molecule has 2 amide bonds. The van der Waals surface area contributed by atoms with Crippen LogP contribution in [0, 0.1) is 5.92 Å². The first-order valence-corrected chi connectivity index (χ1v) is 9.31. The Morgan fingerprint density at radius 1 is 1.24 bits per heavy atom. The zero-order chi connectivity index (χ0) is 17.8. The highest BCUT2D eigenvalue weighted by molar-refractivity contribution is 7.14. The molecule has 0 radical (unpaired) electrons. The molecule has 0 bridgehead atoms. The summed E-state index contributed by atoms with van der Waals surface area (Å²) in [6.45, 7) is 2.41. The van der Waals surface area contributed by atoms with E-state index in [1.807, 2.05) is 48.3 Å². The second-order valence-corrected chi connectivity index (χ2v) is 7.74. The summed E-state index contributed by atoms with van der Waals surface area (Å²) >= 11 is 1.53. The highest BCUT2D eigenvalue weighted by Gasteiger charge is 2.21. The number of fused-ring (bicyclic) bond motifs is 1. The number of aryl methyl sites for hydroxylation is 1. The summed E-state index contributed by atoms with van der Waals surface area (Å²) in [4.78, 5) is 28.1. The molecular formula is C19H23N3O2S. The number of rotatable bonds is 4. The summed E-state index contributed by atoms with van der Waals surface area (Å²) in [5.74, 6) is 0.170. The number of hydrogen-bond donors (Lipinski definition) is 2. The molecule has 1 aliphatic rings. The zero-order valence-corrected chi connectivity index (χ0v) is 15.4. The van der Waals surface area contributed by atoms with Crippen molar-refractivity contribution in [1.29, 1.82) is 0 Å². The minimum absolute atomic E-state index is 0.169. The lowest BCUT2D eigenvalue weighted by Gasteiger charge is -2.18. The van der Waals surface area contributed by atoms with Crippen LogP contribution in [-0.4, -0.2) is 25.4 Å². The average molecular weight is 357 g/mol. The molecule has 0 saturated heterocycles. The number of hydrazine groups is 1. The topological polar surface area (TPSA) is 61.4 Å². The first-order chi connectivity index (χ1) is 12.0. The molecule has 25 heavy (non-hydrogen) atoms. The van der Waals surface area contributed by atoms with Gasteiger partial charge in [-0.05, 0) is 48.9 Å². The number of nitrogens with one attached hydrogen (secondary N) is 2. The standard InChI is InChI=1S/C19H23N3O2S/c1-13-8-9-16-14(10-13)11-17(25-16)19(24)21-20-18(23)12-22(2)15-6-4-3-5-7-15/h3-7,11,13H,8-10,12H2,1-2H3,(H,20,23)(H,21,24). The average Bonchev–Trinajstić information content (AvgIpc) is 3.03. The fourth-order valence-corrected chi connectivity index (χ4v) is 4.14. The van der Waals surface area contributed by atoms with Gasteiger partial charge in [0.2, 0.25) is 0 Å². The van der Waals surface area contributed by atoms with Crippen LogP contribution >= 0.6 is 11.3 Å². The molecule has 2 N–H and O–H groups in total. The maximum absolute atomic E-state index is 12.3. The molecule has 1 aliphatic carbocycles. The largest absolute Gasteiger partial charge is 0.365 e. The first kappa shape index (κ1) is 17.5. The molecule has 1 aromatic carbocycles. The van der Waals surface area contributed by atoms with Crippen LogP contribution in [0.25, 0.3) is 0 Å². The molecule has 0 aliphatic heterocycles. The molecule has 5 nitrogen and oxygen atoms in total. The van der Waals surface area contributed by atoms with Gasteiger partial charge < -0.3 is 4.90 Å². The van der Waals surface area contributed by atoms with Gasteiger partial charge in [-0.15, -0.1) is 11.3 Å². The molecule has 3 rings (SSSR count). The molecule has 132 valence electrons. The molecule has 0 spiro atoms. The quantitative estimate of drug-likeness (QED) is 0.827. The van der Waals surface area contributed by atoms with Crippen molar-refractivity contribution in [3.05, 3.63) is 51.7 Å². The van der Waals surface area contributed by atoms with Crippen molar-refractivity contribution in [2.24, 2.45) is 5.92 Å². The minimum Gasteiger partial charge on any atom is -0.365 e. The number of anilines is 1. The van der Waals surface area contributed by atoms with Gasteiger partial charge in [0.1, 0.15) is 0 Å². The Balaban J connectivity index is 1.51. The minimum atomic E-state index is -0.255. The van der Waals surface area contributed by atoms with Crippen molar-refractivity contribution in [3.8, 4) is 0 Å². The van der Waals surface area contributed by atoms with Crippen LogP contribution < -0.4 is 15.8 Å². The summed E-state index contributed by atoms with van der Waals surface area (Å²) in [6, 6.07) is 11.6. The predicted octanol–water partition coefficient (Wildman–Crippen LogP) is 2.77. The molecule has 1 unspecified atom stereocenters. The van der Waals surface area contributed by atoms with E-state index in [-0.39, 0.29) is 18.4 Å². The number of hydrogen-bond acceptors (Lipinski definition) is 4. The summed E-state index contributed by atoms with van der Waals surface area (Å²) in [7, 11) is 1.84. The number of carbonyl (C=O) groups excluding carboxylic acids is 2. The van der Waals surface area contributed by atoms with E-state index in [1.165, 1.54) is 28.2 Å². The molecule has 0 saturated carbocycles. The molecule has 1 heterocycles. The Hall–Kier alpha value is -2.34. The molecule has 0 fully saturated rings. The summed E-state index contributed by atoms with van der Waals surface area (Å²) < 4.78 is 0. The van der Waals surface area contributed by atoms with Gasteiger partial charge in [-0.1, -0.05) is 25.1 Å². The van der Waals surface area contributed by atoms with E-state index >= 15 is 0 Å². The molecular weight excluding hydrogens is 334 g/mol. The van der Waals surface area contributed by atoms with E-state index in [4.69, 9.17) is 0 Å². The molecule has 1 aromatic heterocycles. The van der Waals surface area contributed by atoms with E-state index in [0.29, 0.717) is 10.8 Å². The van der Waals surface area contributed by atoms with Crippen LogP contribution in [0.1, 0.15) is 33.5 Å². The van der Waals surface area contributed by atoms with Gasteiger partial charge in [0.05, 0.1) is 11.4 Å². The lowest BCUT2D eigenvalue weighted by molar-refractivity contribution is -0.120. The summed E-state index contributed by atoms with van der Waals surface area (Å²) in [5, 5.41) is 0. The Morgan fingerprint density at radius 2 is 2.00 bits per heavy atom. The van der Waals surface area contributed by atoms with Crippen LogP contribution in [0.3, 0.4) is 0 Å². The summed E-state index contributed by atoms with van der Waals surface area (Å²) in [6.07, 6.45) is 3.26. The number of para-hydroxylation sites is 1. The van der Waals surface area contributed by atoms with Crippen LogP contribution in [0.5, 0.6) is 0 Å². The van der Waals surface area contributed by atoms with Crippen molar-refractivity contribution >= 4 is 28.8 Å². The van der Waals surface area contributed by atoms with E-state index in [2.05, 4.69) is 17.8 Å². The molecule has 6 heteroatoms. The van der Waals surface area contributed by atoms with E-state index < -0.39 is 0 Å². The van der Waals surface area contributed by atoms with Gasteiger partial charge in [-0.3, -0.25) is 20.4 Å². The lowest BCUT2D eigenvalue weighted by atomic mass is 9.90. The lowest BCUT2D eigenvalue weighted by Crippen LogP contribution is -2.45. The third-order valence-corrected chi connectivity index (χ3v) is 5.68. The molecule has 2 aromatic rings. The second kappa shape index (κ2) is 7.70. The van der Waals surface area contributed by atoms with Crippen molar-refractivity contribution in [2.45, 2.75) is 26.2 Å². The predicted molar refractivity (Wildman–Crippen MR) is 101 cm³/mol. The van der Waals surface area contributed by atoms with Crippen LogP contribution in [-0.2, 0) is 17.6 Å². The van der Waals surface area contributed by atoms with Gasteiger partial charge in [0.25, 0.3) is 11.8 Å². The number of nitrogens with zero attached hydrogens (tertiary/aromatic N) is 1. The van der Waals surface area contributed by atoms with Crippen molar-refractivity contribution in [2.75, 3.05) is 18.5 Å². The van der Waals surface area contributed by atoms with E-state index in [0.717, 1.165) is 18.5 Å². The number of benzene rings is 1. The Labute approximate surface area is 152 Å². The number of thiophene rings is 1. The number of amides is 2. The zero-order valence-electron chi connectivity index (χ0n) is 14.5. The van der Waals surface area contributed by atoms with Crippen LogP contribution in [0.4, 0.5) is 5.69 Å². The number of carbonyl (C=O) groups is 2. The summed E-state index contributed by atoms with van der Waals surface area (Å²) in [5.41, 5.74) is 7.25. The van der Waals surface area contributed by atoms with Crippen molar-refractivity contribution < 1.29 is 9.59 Å². The second-order valence-electron chi connectivity index (χ2n) is 6.60. The molecule has 1 atom stereocenters. The SMILES string of the molecule is CC1CCc2sc(C(=O)NNC(=O)CN(C)c3ccccc3)cc2C1. The highest BCUT2D eigenvalue weighted by atomic mass is 32.1. The van der Waals surface area contributed by atoms with Crippen molar-refractivity contribution in [3.63, 3.8) is 0 Å². The van der Waals surface area contributed by atoms with Crippen LogP contribution in [0.15, 0.2) is 36.4 Å². The maximum atomic E-state index is 12.3. The third kappa shape index (κ3) is 4.39. The maximum Gasteiger partial charge on any atom is 0.279 e. The monoisotopic (exact) mass is 357 g/mol. The van der Waals surface area contributed by atoms with E-state index in [9.17, 15) is 9.59 Å². The van der Waals surface area contributed by atoms with E-state index in [1.54, 1.807) is 0 Å². The number of likely N-dealkylation sites (N-methyl/N-ethyl adjacent to an activating group) is 1. The van der Waals surface area contributed by atoms with Gasteiger partial charge in [0, 0.05) is 17.6 Å².